The summed E-state index contributed by atoms with van der Waals surface area (Å²) < 4.78 is 13.3. The van der Waals surface area contributed by atoms with Gasteiger partial charge in [-0.05, 0) is 36.6 Å². The molecule has 2 heterocycles. The smallest absolute Gasteiger partial charge is 0.295 e. The number of nitro groups is 1. The van der Waals surface area contributed by atoms with Gasteiger partial charge in [0.2, 0.25) is 5.91 Å². The van der Waals surface area contributed by atoms with Gasteiger partial charge in [-0.1, -0.05) is 6.07 Å². The van der Waals surface area contributed by atoms with Crippen LogP contribution in [0.15, 0.2) is 42.7 Å². The van der Waals surface area contributed by atoms with Crippen LogP contribution in [0.25, 0.3) is 0 Å². The summed E-state index contributed by atoms with van der Waals surface area (Å²) >= 11 is 0. The van der Waals surface area contributed by atoms with E-state index in [0.717, 1.165) is 11.6 Å². The van der Waals surface area contributed by atoms with E-state index >= 15 is 0 Å². The zero-order valence-corrected chi connectivity index (χ0v) is 14.1. The number of amides is 1. The predicted octanol–water partition coefficient (Wildman–Crippen LogP) is 2.66. The number of aromatic nitrogens is 1. The largest absolute Gasteiger partial charge is 0.366 e. The van der Waals surface area contributed by atoms with Crippen molar-refractivity contribution in [3.05, 3.63) is 64.2 Å². The Morgan fingerprint density at radius 1 is 1.35 bits per heavy atom. The number of rotatable bonds is 5. The Labute approximate surface area is 150 Å². The van der Waals surface area contributed by atoms with Gasteiger partial charge in [0, 0.05) is 37.9 Å². The molecule has 1 aliphatic heterocycles. The van der Waals surface area contributed by atoms with Crippen molar-refractivity contribution >= 4 is 17.3 Å². The molecule has 8 heteroatoms. The number of halogens is 1. The van der Waals surface area contributed by atoms with E-state index in [1.165, 1.54) is 12.1 Å². The summed E-state index contributed by atoms with van der Waals surface area (Å²) in [5, 5.41) is 14.1. The Kier molecular flexibility index (Phi) is 5.40. The van der Waals surface area contributed by atoms with Crippen molar-refractivity contribution in [1.29, 1.82) is 0 Å². The van der Waals surface area contributed by atoms with Crippen LogP contribution in [0.4, 0.5) is 15.8 Å². The Balaban J connectivity index is 1.57. The Bertz CT molecular complexity index is 792. The van der Waals surface area contributed by atoms with Crippen LogP contribution in [0.5, 0.6) is 0 Å². The number of nitrogens with zero attached hydrogens (tertiary/aromatic N) is 3. The molecule has 0 aliphatic carbocycles. The van der Waals surface area contributed by atoms with Gasteiger partial charge in [0.05, 0.1) is 11.0 Å². The van der Waals surface area contributed by atoms with Gasteiger partial charge in [0.25, 0.3) is 5.69 Å². The Morgan fingerprint density at radius 2 is 2.12 bits per heavy atom. The molecular weight excluding hydrogens is 339 g/mol. The highest BCUT2D eigenvalue weighted by Crippen LogP contribution is 2.32. The van der Waals surface area contributed by atoms with Crippen LogP contribution in [0, 0.1) is 21.8 Å². The zero-order valence-electron chi connectivity index (χ0n) is 14.1. The molecule has 0 spiro atoms. The number of nitro benzene ring substituents is 1. The van der Waals surface area contributed by atoms with E-state index in [9.17, 15) is 19.3 Å². The Morgan fingerprint density at radius 3 is 2.77 bits per heavy atom. The number of piperidine rings is 1. The third kappa shape index (κ3) is 4.14. The molecule has 1 aromatic carbocycles. The average Bonchev–Trinajstić information content (AvgIpc) is 2.67. The molecule has 0 bridgehead atoms. The molecule has 0 atom stereocenters. The third-order valence-corrected chi connectivity index (χ3v) is 4.53. The van der Waals surface area contributed by atoms with Gasteiger partial charge in [-0.3, -0.25) is 19.9 Å². The van der Waals surface area contributed by atoms with Gasteiger partial charge in [-0.2, -0.15) is 0 Å². The topological polar surface area (TPSA) is 88.4 Å². The van der Waals surface area contributed by atoms with Crippen molar-refractivity contribution in [3.8, 4) is 0 Å². The molecule has 1 aromatic heterocycles. The molecule has 0 unspecified atom stereocenters. The third-order valence-electron chi connectivity index (χ3n) is 4.53. The van der Waals surface area contributed by atoms with Crippen molar-refractivity contribution in [3.63, 3.8) is 0 Å². The van der Waals surface area contributed by atoms with Crippen LogP contribution in [0.1, 0.15) is 18.4 Å². The van der Waals surface area contributed by atoms with Crippen LogP contribution in [0.2, 0.25) is 0 Å². The van der Waals surface area contributed by atoms with E-state index in [2.05, 4.69) is 10.3 Å². The highest BCUT2D eigenvalue weighted by atomic mass is 19.1. The van der Waals surface area contributed by atoms with E-state index in [1.54, 1.807) is 12.4 Å². The number of hydrogen-bond acceptors (Lipinski definition) is 5. The van der Waals surface area contributed by atoms with Crippen molar-refractivity contribution in [1.82, 2.24) is 10.3 Å². The second kappa shape index (κ2) is 7.90. The number of hydrogen-bond donors (Lipinski definition) is 1. The van der Waals surface area contributed by atoms with E-state index in [0.29, 0.717) is 38.2 Å². The number of carbonyl (C=O) groups is 1. The minimum absolute atomic E-state index is 0.0258. The number of carbonyl (C=O) groups excluding carboxylic acids is 1. The average molecular weight is 358 g/mol. The van der Waals surface area contributed by atoms with E-state index < -0.39 is 10.7 Å². The number of pyridine rings is 1. The molecule has 0 saturated carbocycles. The normalized spacial score (nSPS) is 14.9. The molecule has 1 amide bonds. The summed E-state index contributed by atoms with van der Waals surface area (Å²) in [4.78, 5) is 28.7. The molecule has 1 saturated heterocycles. The second-order valence-electron chi connectivity index (χ2n) is 6.23. The summed E-state index contributed by atoms with van der Waals surface area (Å²) in [5.41, 5.74) is 1.08. The summed E-state index contributed by atoms with van der Waals surface area (Å²) in [7, 11) is 0. The maximum absolute atomic E-state index is 13.3. The number of nitrogens with one attached hydrogen (secondary N) is 1. The zero-order chi connectivity index (χ0) is 18.5. The van der Waals surface area contributed by atoms with Crippen LogP contribution < -0.4 is 10.2 Å². The van der Waals surface area contributed by atoms with Gasteiger partial charge in [0.1, 0.15) is 11.5 Å². The fourth-order valence-electron chi connectivity index (χ4n) is 3.13. The molecular formula is C18H19FN4O3. The van der Waals surface area contributed by atoms with Crippen LogP contribution in [-0.4, -0.2) is 28.9 Å². The summed E-state index contributed by atoms with van der Waals surface area (Å²) in [6.45, 7) is 1.45. The molecule has 26 heavy (non-hydrogen) atoms. The van der Waals surface area contributed by atoms with Gasteiger partial charge >= 0.3 is 0 Å². The molecule has 1 fully saturated rings. The Hall–Kier alpha value is -3.03. The minimum Gasteiger partial charge on any atom is -0.366 e. The quantitative estimate of drug-likeness (QED) is 0.656. The van der Waals surface area contributed by atoms with Gasteiger partial charge < -0.3 is 10.2 Å². The highest BCUT2D eigenvalue weighted by Gasteiger charge is 2.28. The van der Waals surface area contributed by atoms with Crippen LogP contribution >= 0.6 is 0 Å². The molecule has 136 valence electrons. The highest BCUT2D eigenvalue weighted by molar-refractivity contribution is 5.79. The summed E-state index contributed by atoms with van der Waals surface area (Å²) in [5.74, 6) is -0.797. The first-order chi connectivity index (χ1) is 12.5. The molecule has 7 nitrogen and oxygen atoms in total. The summed E-state index contributed by atoms with van der Waals surface area (Å²) in [6, 6.07) is 7.28. The monoisotopic (exact) mass is 358 g/mol. The van der Waals surface area contributed by atoms with Crippen molar-refractivity contribution in [2.45, 2.75) is 19.4 Å². The first-order valence-electron chi connectivity index (χ1n) is 8.40. The van der Waals surface area contributed by atoms with Gasteiger partial charge in [-0.25, -0.2) is 4.39 Å². The van der Waals surface area contributed by atoms with E-state index in [1.807, 2.05) is 17.0 Å². The van der Waals surface area contributed by atoms with Gasteiger partial charge in [-0.15, -0.1) is 0 Å². The lowest BCUT2D eigenvalue weighted by atomic mass is 9.95. The lowest BCUT2D eigenvalue weighted by Gasteiger charge is -2.32. The predicted molar refractivity (Wildman–Crippen MR) is 94.1 cm³/mol. The van der Waals surface area contributed by atoms with E-state index in [-0.39, 0.29) is 17.5 Å². The second-order valence-corrected chi connectivity index (χ2v) is 6.23. The minimum atomic E-state index is -0.634. The molecule has 1 aliphatic rings. The number of benzene rings is 1. The first-order valence-corrected chi connectivity index (χ1v) is 8.40. The van der Waals surface area contributed by atoms with E-state index in [4.69, 9.17) is 0 Å². The maximum atomic E-state index is 13.3. The number of anilines is 1. The molecule has 1 N–H and O–H groups in total. The van der Waals surface area contributed by atoms with Crippen molar-refractivity contribution < 1.29 is 14.1 Å². The lowest BCUT2D eigenvalue weighted by molar-refractivity contribution is -0.384. The maximum Gasteiger partial charge on any atom is 0.295 e. The molecule has 2 aromatic rings. The standard InChI is InChI=1S/C18H19FN4O3/c19-15-3-4-16(17(10-15)23(25)26)22-8-5-14(6-9-22)18(24)21-12-13-2-1-7-20-11-13/h1-4,7,10-11,14H,5-6,8-9,12H2,(H,21,24). The fraction of sp³-hybridized carbons (Fsp3) is 0.333. The van der Waals surface area contributed by atoms with Crippen molar-refractivity contribution in [2.24, 2.45) is 5.92 Å². The SMILES string of the molecule is O=C(NCc1cccnc1)C1CCN(c2ccc(F)cc2[N+](=O)[O-])CC1. The lowest BCUT2D eigenvalue weighted by Crippen LogP contribution is -2.40. The fourth-order valence-corrected chi connectivity index (χ4v) is 3.13. The van der Waals surface area contributed by atoms with Crippen LogP contribution in [0.3, 0.4) is 0 Å². The van der Waals surface area contributed by atoms with Crippen molar-refractivity contribution in [2.75, 3.05) is 18.0 Å². The summed E-state index contributed by atoms with van der Waals surface area (Å²) in [6.07, 6.45) is 4.56. The van der Waals surface area contributed by atoms with Crippen LogP contribution in [-0.2, 0) is 11.3 Å². The molecule has 3 rings (SSSR count). The van der Waals surface area contributed by atoms with Gasteiger partial charge in [0.15, 0.2) is 0 Å². The first kappa shape index (κ1) is 17.8. The molecule has 0 radical (unpaired) electrons.